The Labute approximate surface area is 108 Å². The SMILES string of the molecule is CNC(C)C1CCCN(c2cc(=O)[nH]c(C)n2)C1. The van der Waals surface area contributed by atoms with Crippen LogP contribution in [0.1, 0.15) is 25.6 Å². The Kier molecular flexibility index (Phi) is 4.01. The van der Waals surface area contributed by atoms with Crippen molar-refractivity contribution in [3.05, 3.63) is 22.2 Å². The van der Waals surface area contributed by atoms with Crippen LogP contribution in [0.4, 0.5) is 5.82 Å². The van der Waals surface area contributed by atoms with E-state index in [0.717, 1.165) is 25.3 Å². The highest BCUT2D eigenvalue weighted by atomic mass is 16.1. The van der Waals surface area contributed by atoms with Crippen molar-refractivity contribution in [2.45, 2.75) is 32.7 Å². The molecule has 1 aliphatic heterocycles. The van der Waals surface area contributed by atoms with E-state index in [4.69, 9.17) is 0 Å². The smallest absolute Gasteiger partial charge is 0.252 e. The van der Waals surface area contributed by atoms with E-state index in [-0.39, 0.29) is 5.56 Å². The molecule has 0 aliphatic carbocycles. The maximum absolute atomic E-state index is 11.5. The number of aromatic nitrogens is 2. The van der Waals surface area contributed by atoms with Crippen molar-refractivity contribution < 1.29 is 0 Å². The number of nitrogens with zero attached hydrogens (tertiary/aromatic N) is 2. The minimum absolute atomic E-state index is 0.0683. The molecule has 5 nitrogen and oxygen atoms in total. The lowest BCUT2D eigenvalue weighted by Gasteiger charge is -2.36. The maximum Gasteiger partial charge on any atom is 0.252 e. The van der Waals surface area contributed by atoms with Gasteiger partial charge in [-0.15, -0.1) is 0 Å². The molecule has 0 radical (unpaired) electrons. The normalized spacial score (nSPS) is 21.9. The van der Waals surface area contributed by atoms with E-state index >= 15 is 0 Å². The van der Waals surface area contributed by atoms with Gasteiger partial charge in [0.1, 0.15) is 11.6 Å². The van der Waals surface area contributed by atoms with Crippen molar-refractivity contribution in [1.29, 1.82) is 0 Å². The molecule has 1 fully saturated rings. The number of nitrogens with one attached hydrogen (secondary N) is 2. The summed E-state index contributed by atoms with van der Waals surface area (Å²) in [4.78, 5) is 20.8. The average Bonchev–Trinajstić information content (AvgIpc) is 2.37. The van der Waals surface area contributed by atoms with Crippen molar-refractivity contribution >= 4 is 5.82 Å². The summed E-state index contributed by atoms with van der Waals surface area (Å²) in [7, 11) is 2.00. The first kappa shape index (κ1) is 13.1. The molecule has 0 spiro atoms. The van der Waals surface area contributed by atoms with E-state index in [1.54, 1.807) is 6.07 Å². The average molecular weight is 250 g/mol. The molecule has 1 aromatic heterocycles. The van der Waals surface area contributed by atoms with Crippen LogP contribution in [-0.4, -0.2) is 36.1 Å². The standard InChI is InChI=1S/C13H22N4O/c1-9(14-3)11-5-4-6-17(8-11)12-7-13(18)16-10(2)15-12/h7,9,11,14H,4-6,8H2,1-3H3,(H,15,16,18). The molecule has 0 aromatic carbocycles. The van der Waals surface area contributed by atoms with Gasteiger partial charge in [0.2, 0.25) is 0 Å². The molecule has 100 valence electrons. The lowest BCUT2D eigenvalue weighted by molar-refractivity contribution is 0.332. The molecule has 0 amide bonds. The second kappa shape index (κ2) is 5.52. The molecule has 18 heavy (non-hydrogen) atoms. The van der Waals surface area contributed by atoms with Gasteiger partial charge in [0, 0.05) is 25.2 Å². The summed E-state index contributed by atoms with van der Waals surface area (Å²) in [6.07, 6.45) is 2.39. The molecular formula is C13H22N4O. The van der Waals surface area contributed by atoms with Crippen molar-refractivity contribution in [2.75, 3.05) is 25.0 Å². The Bertz CT molecular complexity index is 457. The number of piperidine rings is 1. The molecule has 0 saturated carbocycles. The first-order chi connectivity index (χ1) is 8.60. The van der Waals surface area contributed by atoms with Crippen LogP contribution in [0.5, 0.6) is 0 Å². The number of aryl methyl sites for hydroxylation is 1. The van der Waals surface area contributed by atoms with Gasteiger partial charge in [-0.05, 0) is 39.7 Å². The Morgan fingerprint density at radius 2 is 2.39 bits per heavy atom. The summed E-state index contributed by atoms with van der Waals surface area (Å²) in [5, 5.41) is 3.31. The van der Waals surface area contributed by atoms with E-state index in [2.05, 4.69) is 27.1 Å². The first-order valence-corrected chi connectivity index (χ1v) is 6.60. The lowest BCUT2D eigenvalue weighted by atomic mass is 9.92. The Hall–Kier alpha value is -1.36. The quantitative estimate of drug-likeness (QED) is 0.837. The minimum atomic E-state index is -0.0683. The molecule has 2 atom stereocenters. The highest BCUT2D eigenvalue weighted by molar-refractivity contribution is 5.38. The van der Waals surface area contributed by atoms with E-state index in [1.807, 2.05) is 14.0 Å². The second-order valence-electron chi connectivity index (χ2n) is 5.11. The third-order valence-corrected chi connectivity index (χ3v) is 3.79. The van der Waals surface area contributed by atoms with Gasteiger partial charge in [-0.2, -0.15) is 0 Å². The number of hydrogen-bond donors (Lipinski definition) is 2. The lowest BCUT2D eigenvalue weighted by Crippen LogP contribution is -2.44. The van der Waals surface area contributed by atoms with Crippen LogP contribution in [0.15, 0.2) is 10.9 Å². The molecule has 1 aliphatic rings. The fraction of sp³-hybridized carbons (Fsp3) is 0.692. The van der Waals surface area contributed by atoms with Gasteiger partial charge in [-0.25, -0.2) is 4.98 Å². The van der Waals surface area contributed by atoms with Crippen LogP contribution in [0.25, 0.3) is 0 Å². The van der Waals surface area contributed by atoms with Gasteiger partial charge in [0.15, 0.2) is 0 Å². The van der Waals surface area contributed by atoms with Gasteiger partial charge < -0.3 is 15.2 Å². The van der Waals surface area contributed by atoms with Crippen LogP contribution in [0.3, 0.4) is 0 Å². The van der Waals surface area contributed by atoms with Gasteiger partial charge >= 0.3 is 0 Å². The molecule has 2 rings (SSSR count). The highest BCUT2D eigenvalue weighted by Gasteiger charge is 2.24. The predicted octanol–water partition coefficient (Wildman–Crippen LogP) is 0.903. The fourth-order valence-electron chi connectivity index (χ4n) is 2.59. The summed E-state index contributed by atoms with van der Waals surface area (Å²) in [5.74, 6) is 2.11. The summed E-state index contributed by atoms with van der Waals surface area (Å²) < 4.78 is 0. The molecule has 0 bridgehead atoms. The molecule has 2 heterocycles. The zero-order chi connectivity index (χ0) is 13.1. The molecule has 1 aromatic rings. The van der Waals surface area contributed by atoms with Crippen LogP contribution >= 0.6 is 0 Å². The van der Waals surface area contributed by atoms with Gasteiger partial charge in [0.05, 0.1) is 0 Å². The monoisotopic (exact) mass is 250 g/mol. The highest BCUT2D eigenvalue weighted by Crippen LogP contribution is 2.22. The molecule has 5 heteroatoms. The number of aromatic amines is 1. The largest absolute Gasteiger partial charge is 0.356 e. The van der Waals surface area contributed by atoms with E-state index < -0.39 is 0 Å². The van der Waals surface area contributed by atoms with Crippen LogP contribution in [0, 0.1) is 12.8 Å². The summed E-state index contributed by atoms with van der Waals surface area (Å²) in [6, 6.07) is 2.09. The maximum atomic E-state index is 11.5. The fourth-order valence-corrected chi connectivity index (χ4v) is 2.59. The topological polar surface area (TPSA) is 61.0 Å². The van der Waals surface area contributed by atoms with Crippen LogP contribution in [0.2, 0.25) is 0 Å². The zero-order valence-corrected chi connectivity index (χ0v) is 11.4. The summed E-state index contributed by atoms with van der Waals surface area (Å²) >= 11 is 0. The van der Waals surface area contributed by atoms with Gasteiger partial charge in [-0.1, -0.05) is 0 Å². The van der Waals surface area contributed by atoms with Gasteiger partial charge in [-0.3, -0.25) is 4.79 Å². The van der Waals surface area contributed by atoms with E-state index in [0.29, 0.717) is 17.8 Å². The number of hydrogen-bond acceptors (Lipinski definition) is 4. The molecular weight excluding hydrogens is 228 g/mol. The Balaban J connectivity index is 2.15. The number of rotatable bonds is 3. The van der Waals surface area contributed by atoms with Crippen LogP contribution < -0.4 is 15.8 Å². The van der Waals surface area contributed by atoms with Crippen LogP contribution in [-0.2, 0) is 0 Å². The molecule has 1 saturated heterocycles. The van der Waals surface area contributed by atoms with Crippen molar-refractivity contribution in [3.63, 3.8) is 0 Å². The summed E-state index contributed by atoms with van der Waals surface area (Å²) in [5.41, 5.74) is -0.0683. The zero-order valence-electron chi connectivity index (χ0n) is 11.4. The second-order valence-corrected chi connectivity index (χ2v) is 5.11. The van der Waals surface area contributed by atoms with E-state index in [9.17, 15) is 4.79 Å². The summed E-state index contributed by atoms with van der Waals surface area (Å²) in [6.45, 7) is 5.99. The minimum Gasteiger partial charge on any atom is -0.356 e. The van der Waals surface area contributed by atoms with Crippen molar-refractivity contribution in [2.24, 2.45) is 5.92 Å². The Morgan fingerprint density at radius 3 is 3.06 bits per heavy atom. The van der Waals surface area contributed by atoms with Crippen molar-refractivity contribution in [1.82, 2.24) is 15.3 Å². The Morgan fingerprint density at radius 1 is 1.61 bits per heavy atom. The number of H-pyrrole nitrogens is 1. The molecule has 2 N–H and O–H groups in total. The van der Waals surface area contributed by atoms with E-state index in [1.165, 1.54) is 6.42 Å². The third-order valence-electron chi connectivity index (χ3n) is 3.79. The molecule has 2 unspecified atom stereocenters. The number of anilines is 1. The first-order valence-electron chi connectivity index (χ1n) is 6.60. The predicted molar refractivity (Wildman–Crippen MR) is 73.1 cm³/mol. The van der Waals surface area contributed by atoms with Crippen molar-refractivity contribution in [3.8, 4) is 0 Å². The third kappa shape index (κ3) is 2.90. The van der Waals surface area contributed by atoms with Gasteiger partial charge in [0.25, 0.3) is 5.56 Å².